The van der Waals surface area contributed by atoms with Gasteiger partial charge in [0.25, 0.3) is 0 Å². The Morgan fingerprint density at radius 2 is 2.25 bits per heavy atom. The van der Waals surface area contributed by atoms with E-state index in [9.17, 15) is 4.79 Å². The SMILES string of the molecule is CC(C)NC(=O)CC1(N)COC1. The summed E-state index contributed by atoms with van der Waals surface area (Å²) in [4.78, 5) is 11.2. The highest BCUT2D eigenvalue weighted by molar-refractivity contribution is 5.77. The number of carbonyl (C=O) groups excluding carboxylic acids is 1. The molecule has 1 aliphatic rings. The molecule has 0 aromatic carbocycles. The molecule has 1 heterocycles. The van der Waals surface area contributed by atoms with Crippen LogP contribution in [0.2, 0.25) is 0 Å². The first kappa shape index (κ1) is 9.48. The maximum atomic E-state index is 11.2. The van der Waals surface area contributed by atoms with E-state index >= 15 is 0 Å². The van der Waals surface area contributed by atoms with Crippen LogP contribution in [0.15, 0.2) is 0 Å². The van der Waals surface area contributed by atoms with E-state index in [-0.39, 0.29) is 11.9 Å². The molecule has 0 aliphatic carbocycles. The van der Waals surface area contributed by atoms with Crippen molar-refractivity contribution in [3.8, 4) is 0 Å². The molecule has 0 saturated carbocycles. The van der Waals surface area contributed by atoms with E-state index in [1.54, 1.807) is 0 Å². The van der Waals surface area contributed by atoms with Gasteiger partial charge in [-0.2, -0.15) is 0 Å². The summed E-state index contributed by atoms with van der Waals surface area (Å²) < 4.78 is 4.94. The van der Waals surface area contributed by atoms with Gasteiger partial charge in [0.1, 0.15) is 0 Å². The lowest BCUT2D eigenvalue weighted by atomic mass is 9.94. The van der Waals surface area contributed by atoms with E-state index in [4.69, 9.17) is 10.5 Å². The summed E-state index contributed by atoms with van der Waals surface area (Å²) in [5.41, 5.74) is 5.39. The Morgan fingerprint density at radius 1 is 1.67 bits per heavy atom. The number of amides is 1. The van der Waals surface area contributed by atoms with Crippen LogP contribution in [0.4, 0.5) is 0 Å². The lowest BCUT2D eigenvalue weighted by molar-refractivity contribution is -0.128. The van der Waals surface area contributed by atoms with Crippen molar-refractivity contribution < 1.29 is 9.53 Å². The fourth-order valence-corrected chi connectivity index (χ4v) is 1.16. The predicted molar refractivity (Wildman–Crippen MR) is 45.6 cm³/mol. The minimum absolute atomic E-state index is 0.0100. The summed E-state index contributed by atoms with van der Waals surface area (Å²) in [5, 5.41) is 2.79. The molecule has 4 heteroatoms. The van der Waals surface area contributed by atoms with Gasteiger partial charge in [0.2, 0.25) is 5.91 Å². The van der Waals surface area contributed by atoms with E-state index in [2.05, 4.69) is 5.32 Å². The molecular formula is C8H16N2O2. The first-order valence-electron chi connectivity index (χ1n) is 4.18. The normalized spacial score (nSPS) is 20.3. The molecule has 12 heavy (non-hydrogen) atoms. The molecule has 0 unspecified atom stereocenters. The third kappa shape index (κ3) is 2.46. The van der Waals surface area contributed by atoms with Crippen LogP contribution in [0, 0.1) is 0 Å². The average molecular weight is 172 g/mol. The molecule has 1 rings (SSSR count). The minimum atomic E-state index is -0.404. The highest BCUT2D eigenvalue weighted by Gasteiger charge is 2.36. The largest absolute Gasteiger partial charge is 0.377 e. The Bertz CT molecular complexity index is 176. The molecular weight excluding hydrogens is 156 g/mol. The number of nitrogens with one attached hydrogen (secondary N) is 1. The van der Waals surface area contributed by atoms with Gasteiger partial charge >= 0.3 is 0 Å². The van der Waals surface area contributed by atoms with E-state index in [0.717, 1.165) is 0 Å². The van der Waals surface area contributed by atoms with Crippen LogP contribution in [0.5, 0.6) is 0 Å². The van der Waals surface area contributed by atoms with Crippen LogP contribution >= 0.6 is 0 Å². The molecule has 4 nitrogen and oxygen atoms in total. The van der Waals surface area contributed by atoms with Crippen molar-refractivity contribution >= 4 is 5.91 Å². The van der Waals surface area contributed by atoms with Crippen molar-refractivity contribution in [3.63, 3.8) is 0 Å². The number of ether oxygens (including phenoxy) is 1. The number of hydrogen-bond acceptors (Lipinski definition) is 3. The van der Waals surface area contributed by atoms with Gasteiger partial charge in [-0.1, -0.05) is 0 Å². The molecule has 1 fully saturated rings. The zero-order valence-electron chi connectivity index (χ0n) is 7.59. The van der Waals surface area contributed by atoms with Gasteiger partial charge in [-0.15, -0.1) is 0 Å². The molecule has 0 aromatic heterocycles. The third-order valence-electron chi connectivity index (χ3n) is 1.74. The summed E-state index contributed by atoms with van der Waals surface area (Å²) in [6.07, 6.45) is 0.366. The first-order chi connectivity index (χ1) is 5.52. The van der Waals surface area contributed by atoms with Gasteiger partial charge in [0, 0.05) is 12.5 Å². The number of carbonyl (C=O) groups is 1. The Balaban J connectivity index is 2.26. The number of nitrogens with two attached hydrogens (primary N) is 1. The lowest BCUT2D eigenvalue weighted by Gasteiger charge is -2.37. The summed E-state index contributed by atoms with van der Waals surface area (Å²) in [6, 6.07) is 0.182. The summed E-state index contributed by atoms with van der Waals surface area (Å²) >= 11 is 0. The second-order valence-electron chi connectivity index (χ2n) is 3.75. The minimum Gasteiger partial charge on any atom is -0.377 e. The standard InChI is InChI=1S/C8H16N2O2/c1-6(2)10-7(11)3-8(9)4-12-5-8/h6H,3-5,9H2,1-2H3,(H,10,11). The van der Waals surface area contributed by atoms with Gasteiger partial charge in [-0.3, -0.25) is 4.79 Å². The molecule has 0 atom stereocenters. The molecule has 1 saturated heterocycles. The van der Waals surface area contributed by atoms with Crippen molar-refractivity contribution in [1.29, 1.82) is 0 Å². The fraction of sp³-hybridized carbons (Fsp3) is 0.875. The molecule has 0 spiro atoms. The monoisotopic (exact) mass is 172 g/mol. The van der Waals surface area contributed by atoms with Crippen molar-refractivity contribution in [2.24, 2.45) is 5.73 Å². The van der Waals surface area contributed by atoms with Gasteiger partial charge in [0.05, 0.1) is 18.8 Å². The Morgan fingerprint density at radius 3 is 2.58 bits per heavy atom. The summed E-state index contributed by atoms with van der Waals surface area (Å²) in [7, 11) is 0. The number of rotatable bonds is 3. The second kappa shape index (κ2) is 3.41. The highest BCUT2D eigenvalue weighted by atomic mass is 16.5. The van der Waals surface area contributed by atoms with E-state index in [0.29, 0.717) is 19.6 Å². The van der Waals surface area contributed by atoms with E-state index in [1.807, 2.05) is 13.8 Å². The van der Waals surface area contributed by atoms with Crippen LogP contribution in [-0.2, 0) is 9.53 Å². The van der Waals surface area contributed by atoms with Crippen LogP contribution < -0.4 is 11.1 Å². The maximum absolute atomic E-state index is 11.2. The van der Waals surface area contributed by atoms with Crippen LogP contribution in [0.25, 0.3) is 0 Å². The van der Waals surface area contributed by atoms with E-state index in [1.165, 1.54) is 0 Å². The van der Waals surface area contributed by atoms with Crippen LogP contribution in [0.3, 0.4) is 0 Å². The van der Waals surface area contributed by atoms with Gasteiger partial charge in [-0.05, 0) is 13.8 Å². The molecule has 1 amide bonds. The zero-order chi connectivity index (χ0) is 9.19. The van der Waals surface area contributed by atoms with E-state index < -0.39 is 5.54 Å². The van der Waals surface area contributed by atoms with Crippen LogP contribution in [-0.4, -0.2) is 30.7 Å². The topological polar surface area (TPSA) is 64.4 Å². The third-order valence-corrected chi connectivity index (χ3v) is 1.74. The van der Waals surface area contributed by atoms with Crippen LogP contribution in [0.1, 0.15) is 20.3 Å². The lowest BCUT2D eigenvalue weighted by Crippen LogP contribution is -2.59. The smallest absolute Gasteiger partial charge is 0.222 e. The molecule has 3 N–H and O–H groups in total. The summed E-state index contributed by atoms with van der Waals surface area (Å²) in [5.74, 6) is 0.0100. The van der Waals surface area contributed by atoms with Gasteiger partial charge in [-0.25, -0.2) is 0 Å². The van der Waals surface area contributed by atoms with Crippen molar-refractivity contribution in [2.45, 2.75) is 31.8 Å². The predicted octanol–water partition coefficient (Wildman–Crippen LogP) is -0.371. The quantitative estimate of drug-likeness (QED) is 0.610. The van der Waals surface area contributed by atoms with Crippen molar-refractivity contribution in [1.82, 2.24) is 5.32 Å². The Labute approximate surface area is 72.5 Å². The zero-order valence-corrected chi connectivity index (χ0v) is 7.59. The molecule has 1 aliphatic heterocycles. The molecule has 0 aromatic rings. The number of hydrogen-bond donors (Lipinski definition) is 2. The Hall–Kier alpha value is -0.610. The van der Waals surface area contributed by atoms with Crippen molar-refractivity contribution in [3.05, 3.63) is 0 Å². The molecule has 0 radical (unpaired) electrons. The first-order valence-corrected chi connectivity index (χ1v) is 4.18. The summed E-state index contributed by atoms with van der Waals surface area (Å²) in [6.45, 7) is 4.85. The van der Waals surface area contributed by atoms with Gasteiger partial charge < -0.3 is 15.8 Å². The second-order valence-corrected chi connectivity index (χ2v) is 3.75. The average Bonchev–Trinajstić information content (AvgIpc) is 1.81. The van der Waals surface area contributed by atoms with Crippen molar-refractivity contribution in [2.75, 3.05) is 13.2 Å². The van der Waals surface area contributed by atoms with Gasteiger partial charge in [0.15, 0.2) is 0 Å². The maximum Gasteiger partial charge on any atom is 0.222 e. The molecule has 70 valence electrons. The molecule has 0 bridgehead atoms. The Kier molecular flexibility index (Phi) is 2.69. The highest BCUT2D eigenvalue weighted by Crippen LogP contribution is 2.17. The fourth-order valence-electron chi connectivity index (χ4n) is 1.16.